The molecular formula is C15H26N2O3. The summed E-state index contributed by atoms with van der Waals surface area (Å²) in [4.78, 5) is 26.5. The largest absolute Gasteiger partial charge is 0.379 e. The molecule has 5 nitrogen and oxygen atoms in total. The minimum Gasteiger partial charge on any atom is -0.379 e. The second-order valence-corrected chi connectivity index (χ2v) is 6.81. The van der Waals surface area contributed by atoms with E-state index in [0.717, 1.165) is 12.8 Å². The molecule has 0 bridgehead atoms. The summed E-state index contributed by atoms with van der Waals surface area (Å²) in [6, 6.07) is -0.319. The van der Waals surface area contributed by atoms with Gasteiger partial charge in [-0.15, -0.1) is 0 Å². The summed E-state index contributed by atoms with van der Waals surface area (Å²) in [6.45, 7) is 9.42. The summed E-state index contributed by atoms with van der Waals surface area (Å²) < 4.78 is 5.56. The van der Waals surface area contributed by atoms with Crippen LogP contribution in [0.1, 0.15) is 40.5 Å². The predicted molar refractivity (Wildman–Crippen MR) is 76.1 cm³/mol. The van der Waals surface area contributed by atoms with Crippen molar-refractivity contribution >= 4 is 11.8 Å². The molecule has 0 radical (unpaired) electrons. The van der Waals surface area contributed by atoms with E-state index in [4.69, 9.17) is 4.74 Å². The molecule has 20 heavy (non-hydrogen) atoms. The molecule has 1 atom stereocenters. The number of rotatable bonds is 6. The highest BCUT2D eigenvalue weighted by molar-refractivity contribution is 5.99. The Bertz CT molecular complexity index is 389. The van der Waals surface area contributed by atoms with Gasteiger partial charge < -0.3 is 15.0 Å². The van der Waals surface area contributed by atoms with Crippen LogP contribution in [0.2, 0.25) is 0 Å². The Balaban J connectivity index is 1.97. The van der Waals surface area contributed by atoms with Crippen LogP contribution >= 0.6 is 0 Å². The van der Waals surface area contributed by atoms with Crippen molar-refractivity contribution in [1.82, 2.24) is 10.2 Å². The van der Waals surface area contributed by atoms with Crippen molar-refractivity contribution < 1.29 is 14.3 Å². The van der Waals surface area contributed by atoms with Gasteiger partial charge in [-0.2, -0.15) is 0 Å². The van der Waals surface area contributed by atoms with Crippen molar-refractivity contribution in [2.24, 2.45) is 11.8 Å². The summed E-state index contributed by atoms with van der Waals surface area (Å²) in [5.41, 5.74) is -0.788. The molecule has 1 unspecified atom stereocenters. The molecule has 1 aliphatic carbocycles. The Kier molecular flexibility index (Phi) is 4.37. The molecule has 114 valence electrons. The van der Waals surface area contributed by atoms with Crippen molar-refractivity contribution in [3.8, 4) is 0 Å². The van der Waals surface area contributed by atoms with Crippen LogP contribution in [0.5, 0.6) is 0 Å². The van der Waals surface area contributed by atoms with Gasteiger partial charge in [0.2, 0.25) is 11.8 Å². The third kappa shape index (κ3) is 3.14. The van der Waals surface area contributed by atoms with Gasteiger partial charge in [-0.1, -0.05) is 13.8 Å². The first-order chi connectivity index (χ1) is 9.34. The highest BCUT2D eigenvalue weighted by Crippen LogP contribution is 2.36. The molecule has 2 fully saturated rings. The number of hydrogen-bond donors (Lipinski definition) is 1. The topological polar surface area (TPSA) is 58.6 Å². The Morgan fingerprint density at radius 2 is 2.00 bits per heavy atom. The lowest BCUT2D eigenvalue weighted by Crippen LogP contribution is -2.69. The van der Waals surface area contributed by atoms with Gasteiger partial charge in [0, 0.05) is 13.2 Å². The van der Waals surface area contributed by atoms with E-state index in [1.54, 1.807) is 18.7 Å². The Labute approximate surface area is 121 Å². The van der Waals surface area contributed by atoms with Gasteiger partial charge in [-0.3, -0.25) is 9.59 Å². The number of amides is 2. The quantitative estimate of drug-likeness (QED) is 0.744. The minimum atomic E-state index is -0.788. The fourth-order valence-electron chi connectivity index (χ4n) is 2.56. The van der Waals surface area contributed by atoms with Crippen molar-refractivity contribution in [3.05, 3.63) is 0 Å². The zero-order valence-corrected chi connectivity index (χ0v) is 12.9. The van der Waals surface area contributed by atoms with Crippen molar-refractivity contribution in [2.75, 3.05) is 19.8 Å². The van der Waals surface area contributed by atoms with Crippen molar-refractivity contribution in [2.45, 2.75) is 52.1 Å². The van der Waals surface area contributed by atoms with E-state index in [1.807, 2.05) is 0 Å². The molecule has 0 spiro atoms. The molecule has 1 heterocycles. The maximum Gasteiger partial charge on any atom is 0.246 e. The molecule has 1 saturated heterocycles. The average molecular weight is 282 g/mol. The lowest BCUT2D eigenvalue weighted by molar-refractivity contribution is -0.156. The maximum absolute atomic E-state index is 12.6. The van der Waals surface area contributed by atoms with Gasteiger partial charge in [0.1, 0.15) is 11.6 Å². The lowest BCUT2D eigenvalue weighted by Gasteiger charge is -2.44. The third-order valence-corrected chi connectivity index (χ3v) is 4.05. The van der Waals surface area contributed by atoms with Gasteiger partial charge in [0.05, 0.1) is 6.61 Å². The SMILES string of the molecule is CC(C)COCCN1C(=O)C(C2CC2)NC(=O)C1(C)C. The normalized spacial score (nSPS) is 26.1. The highest BCUT2D eigenvalue weighted by Gasteiger charge is 2.50. The monoisotopic (exact) mass is 282 g/mol. The Hall–Kier alpha value is -1.10. The van der Waals surface area contributed by atoms with E-state index in [9.17, 15) is 9.59 Å². The first-order valence-electron chi connectivity index (χ1n) is 7.54. The standard InChI is InChI=1S/C15H26N2O3/c1-10(2)9-20-8-7-17-13(18)12(11-5-6-11)16-14(19)15(17,3)4/h10-12H,5-9H2,1-4H3,(H,16,19). The summed E-state index contributed by atoms with van der Waals surface area (Å²) in [5.74, 6) is 0.798. The lowest BCUT2D eigenvalue weighted by atomic mass is 9.94. The molecule has 0 aromatic rings. The summed E-state index contributed by atoms with van der Waals surface area (Å²) >= 11 is 0. The van der Waals surface area contributed by atoms with Gasteiger partial charge in [0.25, 0.3) is 0 Å². The smallest absolute Gasteiger partial charge is 0.246 e. The molecule has 2 amide bonds. The van der Waals surface area contributed by atoms with Crippen molar-refractivity contribution in [3.63, 3.8) is 0 Å². The van der Waals surface area contributed by atoms with Crippen LogP contribution in [-0.4, -0.2) is 48.1 Å². The molecule has 0 aromatic heterocycles. The van der Waals surface area contributed by atoms with Gasteiger partial charge in [0.15, 0.2) is 0 Å². The zero-order chi connectivity index (χ0) is 14.9. The number of carbonyl (C=O) groups is 2. The molecule has 1 saturated carbocycles. The van der Waals surface area contributed by atoms with Crippen LogP contribution in [0.4, 0.5) is 0 Å². The molecule has 1 N–H and O–H groups in total. The van der Waals surface area contributed by atoms with E-state index >= 15 is 0 Å². The molecule has 2 rings (SSSR count). The number of ether oxygens (including phenoxy) is 1. The van der Waals surface area contributed by atoms with E-state index < -0.39 is 5.54 Å². The number of nitrogens with one attached hydrogen (secondary N) is 1. The molecular weight excluding hydrogens is 256 g/mol. The van der Waals surface area contributed by atoms with Crippen molar-refractivity contribution in [1.29, 1.82) is 0 Å². The molecule has 0 aromatic carbocycles. The van der Waals surface area contributed by atoms with Crippen LogP contribution < -0.4 is 5.32 Å². The van der Waals surface area contributed by atoms with E-state index in [-0.39, 0.29) is 17.9 Å². The molecule has 2 aliphatic rings. The number of hydrogen-bond acceptors (Lipinski definition) is 3. The third-order valence-electron chi connectivity index (χ3n) is 4.05. The fraction of sp³-hybridized carbons (Fsp3) is 0.867. The minimum absolute atomic E-state index is 0.0465. The molecule has 5 heteroatoms. The Morgan fingerprint density at radius 3 is 2.55 bits per heavy atom. The second kappa shape index (κ2) is 5.72. The van der Waals surface area contributed by atoms with E-state index in [1.165, 1.54) is 0 Å². The first kappa shape index (κ1) is 15.3. The van der Waals surface area contributed by atoms with Gasteiger partial charge in [-0.25, -0.2) is 0 Å². The number of piperazine rings is 1. The van der Waals surface area contributed by atoms with Crippen LogP contribution in [0.3, 0.4) is 0 Å². The predicted octanol–water partition coefficient (Wildman–Crippen LogP) is 1.17. The first-order valence-corrected chi connectivity index (χ1v) is 7.54. The zero-order valence-electron chi connectivity index (χ0n) is 12.9. The van der Waals surface area contributed by atoms with Gasteiger partial charge >= 0.3 is 0 Å². The fourth-order valence-corrected chi connectivity index (χ4v) is 2.56. The highest BCUT2D eigenvalue weighted by atomic mass is 16.5. The maximum atomic E-state index is 12.6. The van der Waals surface area contributed by atoms with Crippen LogP contribution in [-0.2, 0) is 14.3 Å². The van der Waals surface area contributed by atoms with Crippen LogP contribution in [0.15, 0.2) is 0 Å². The molecule has 1 aliphatic heterocycles. The van der Waals surface area contributed by atoms with Crippen LogP contribution in [0, 0.1) is 11.8 Å². The summed E-state index contributed by atoms with van der Waals surface area (Å²) in [6.07, 6.45) is 2.07. The summed E-state index contributed by atoms with van der Waals surface area (Å²) in [7, 11) is 0. The summed E-state index contributed by atoms with van der Waals surface area (Å²) in [5, 5.41) is 2.89. The van der Waals surface area contributed by atoms with E-state index in [2.05, 4.69) is 19.2 Å². The second-order valence-electron chi connectivity index (χ2n) is 6.81. The van der Waals surface area contributed by atoms with Crippen LogP contribution in [0.25, 0.3) is 0 Å². The van der Waals surface area contributed by atoms with Gasteiger partial charge in [-0.05, 0) is 38.5 Å². The number of nitrogens with zero attached hydrogens (tertiary/aromatic N) is 1. The van der Waals surface area contributed by atoms with E-state index in [0.29, 0.717) is 31.6 Å². The number of carbonyl (C=O) groups excluding carboxylic acids is 2. The Morgan fingerprint density at radius 1 is 1.35 bits per heavy atom. The average Bonchev–Trinajstić information content (AvgIpc) is 3.16.